The van der Waals surface area contributed by atoms with Gasteiger partial charge in [-0.25, -0.2) is 0 Å². The molecule has 0 radical (unpaired) electrons. The van der Waals surface area contributed by atoms with Crippen LogP contribution in [0.4, 0.5) is 0 Å². The van der Waals surface area contributed by atoms with Crippen LogP contribution in [0.2, 0.25) is 0 Å². The van der Waals surface area contributed by atoms with Gasteiger partial charge in [0.05, 0.1) is 4.87 Å². The predicted molar refractivity (Wildman–Crippen MR) is 61.5 cm³/mol. The number of fused-ring (bicyclic) bond motifs is 3. The highest BCUT2D eigenvalue weighted by Crippen LogP contribution is 2.45. The molecule has 1 N–H and O–H groups in total. The second-order valence-electron chi connectivity index (χ2n) is 5.22. The van der Waals surface area contributed by atoms with Crippen molar-refractivity contribution in [3.8, 4) is 0 Å². The molecular weight excluding hydrogens is 192 g/mol. The number of hydrogen-bond acceptors (Lipinski definition) is 3. The van der Waals surface area contributed by atoms with E-state index in [1.807, 2.05) is 0 Å². The van der Waals surface area contributed by atoms with E-state index in [1.165, 1.54) is 44.8 Å². The van der Waals surface area contributed by atoms with Crippen LogP contribution in [-0.2, 0) is 0 Å². The van der Waals surface area contributed by atoms with Crippen LogP contribution in [0.1, 0.15) is 19.8 Å². The Morgan fingerprint density at radius 3 is 3.14 bits per heavy atom. The summed E-state index contributed by atoms with van der Waals surface area (Å²) in [5.41, 5.74) is 0. The first kappa shape index (κ1) is 9.49. The molecule has 0 aliphatic carbocycles. The normalized spacial score (nSPS) is 52.5. The van der Waals surface area contributed by atoms with Gasteiger partial charge in [-0.2, -0.15) is 0 Å². The summed E-state index contributed by atoms with van der Waals surface area (Å²) in [6.07, 6.45) is 2.80. The van der Waals surface area contributed by atoms with Crippen LogP contribution in [0.25, 0.3) is 0 Å². The van der Waals surface area contributed by atoms with Gasteiger partial charge in [-0.05, 0) is 37.6 Å². The van der Waals surface area contributed by atoms with E-state index in [2.05, 4.69) is 28.9 Å². The molecule has 80 valence electrons. The maximum atomic E-state index is 3.85. The lowest BCUT2D eigenvalue weighted by molar-refractivity contribution is 0.191. The highest BCUT2D eigenvalue weighted by atomic mass is 32.2. The highest BCUT2D eigenvalue weighted by Gasteiger charge is 2.47. The number of nitrogens with zero attached hydrogens (tertiary/aromatic N) is 1. The SMILES string of the molecule is CC1CNC2(CCN3CCC2C3)SC1. The van der Waals surface area contributed by atoms with Crippen molar-refractivity contribution >= 4 is 11.8 Å². The third kappa shape index (κ3) is 1.41. The van der Waals surface area contributed by atoms with E-state index in [1.54, 1.807) is 0 Å². The molecule has 1 spiro atoms. The van der Waals surface area contributed by atoms with Crippen LogP contribution in [-0.4, -0.2) is 41.7 Å². The van der Waals surface area contributed by atoms with Crippen LogP contribution in [0.15, 0.2) is 0 Å². The van der Waals surface area contributed by atoms with Crippen molar-refractivity contribution in [1.29, 1.82) is 0 Å². The maximum Gasteiger partial charge on any atom is 0.0698 e. The summed E-state index contributed by atoms with van der Waals surface area (Å²) in [4.78, 5) is 3.11. The molecule has 3 aliphatic rings. The molecule has 2 nitrogen and oxygen atoms in total. The van der Waals surface area contributed by atoms with Crippen LogP contribution in [0, 0.1) is 11.8 Å². The number of hydrogen-bond donors (Lipinski definition) is 1. The van der Waals surface area contributed by atoms with E-state index in [4.69, 9.17) is 0 Å². The third-order valence-electron chi connectivity index (χ3n) is 4.11. The van der Waals surface area contributed by atoms with Crippen LogP contribution >= 0.6 is 11.8 Å². The smallest absolute Gasteiger partial charge is 0.0698 e. The van der Waals surface area contributed by atoms with Crippen molar-refractivity contribution < 1.29 is 0 Å². The molecule has 4 unspecified atom stereocenters. The quantitative estimate of drug-likeness (QED) is 0.653. The molecule has 14 heavy (non-hydrogen) atoms. The Balaban J connectivity index is 1.76. The molecule has 3 fully saturated rings. The summed E-state index contributed by atoms with van der Waals surface area (Å²) in [5.74, 6) is 3.16. The number of nitrogens with one attached hydrogen (secondary N) is 1. The Morgan fingerprint density at radius 1 is 1.43 bits per heavy atom. The molecule has 0 saturated carbocycles. The maximum absolute atomic E-state index is 3.85. The molecule has 3 heteroatoms. The van der Waals surface area contributed by atoms with Crippen molar-refractivity contribution in [2.75, 3.05) is 31.9 Å². The number of piperidine rings is 1. The van der Waals surface area contributed by atoms with Gasteiger partial charge in [0.2, 0.25) is 0 Å². The minimum absolute atomic E-state index is 0.472. The molecule has 0 amide bonds. The van der Waals surface area contributed by atoms with Gasteiger partial charge >= 0.3 is 0 Å². The summed E-state index contributed by atoms with van der Waals surface area (Å²) >= 11 is 2.22. The van der Waals surface area contributed by atoms with E-state index < -0.39 is 0 Å². The van der Waals surface area contributed by atoms with Crippen molar-refractivity contribution in [2.24, 2.45) is 11.8 Å². The lowest BCUT2D eigenvalue weighted by Crippen LogP contribution is -2.57. The average molecular weight is 212 g/mol. The first-order valence-corrected chi connectivity index (χ1v) is 6.88. The van der Waals surface area contributed by atoms with Gasteiger partial charge in [-0.3, -0.25) is 0 Å². The lowest BCUT2D eigenvalue weighted by atomic mass is 9.92. The topological polar surface area (TPSA) is 15.3 Å². The highest BCUT2D eigenvalue weighted by molar-refractivity contribution is 8.00. The first-order chi connectivity index (χ1) is 6.78. The van der Waals surface area contributed by atoms with Gasteiger partial charge in [0.1, 0.15) is 0 Å². The molecular formula is C11H20N2S. The lowest BCUT2D eigenvalue weighted by Gasteiger charge is -2.47. The Hall–Kier alpha value is 0.270. The summed E-state index contributed by atoms with van der Waals surface area (Å²) < 4.78 is 0. The van der Waals surface area contributed by atoms with Crippen molar-refractivity contribution in [2.45, 2.75) is 24.6 Å². The van der Waals surface area contributed by atoms with Crippen LogP contribution < -0.4 is 5.32 Å². The molecule has 3 aliphatic heterocycles. The van der Waals surface area contributed by atoms with Gasteiger partial charge in [0.25, 0.3) is 0 Å². The van der Waals surface area contributed by atoms with Crippen LogP contribution in [0.5, 0.6) is 0 Å². The fourth-order valence-electron chi connectivity index (χ4n) is 3.12. The predicted octanol–water partition coefficient (Wildman–Crippen LogP) is 1.38. The van der Waals surface area contributed by atoms with Gasteiger partial charge in [0.15, 0.2) is 0 Å². The molecule has 3 saturated heterocycles. The second kappa shape index (κ2) is 3.39. The molecule has 3 rings (SSSR count). The van der Waals surface area contributed by atoms with E-state index in [-0.39, 0.29) is 0 Å². The van der Waals surface area contributed by atoms with Crippen LogP contribution in [0.3, 0.4) is 0 Å². The Morgan fingerprint density at radius 2 is 2.36 bits per heavy atom. The minimum atomic E-state index is 0.472. The monoisotopic (exact) mass is 212 g/mol. The van der Waals surface area contributed by atoms with E-state index in [0.717, 1.165) is 11.8 Å². The first-order valence-electron chi connectivity index (χ1n) is 5.90. The van der Waals surface area contributed by atoms with Crippen molar-refractivity contribution in [3.05, 3.63) is 0 Å². The zero-order chi connectivity index (χ0) is 9.60. The van der Waals surface area contributed by atoms with Crippen molar-refractivity contribution in [1.82, 2.24) is 10.2 Å². The zero-order valence-corrected chi connectivity index (χ0v) is 9.78. The minimum Gasteiger partial charge on any atom is -0.303 e. The average Bonchev–Trinajstić information content (AvgIpc) is 2.62. The fourth-order valence-corrected chi connectivity index (χ4v) is 4.66. The Bertz CT molecular complexity index is 223. The summed E-state index contributed by atoms with van der Waals surface area (Å²) in [7, 11) is 0. The van der Waals surface area contributed by atoms with Gasteiger partial charge in [-0.15, -0.1) is 11.8 Å². The molecule has 3 heterocycles. The summed E-state index contributed by atoms with van der Waals surface area (Å²) in [6, 6.07) is 0. The molecule has 0 aromatic carbocycles. The fraction of sp³-hybridized carbons (Fsp3) is 1.00. The zero-order valence-electron chi connectivity index (χ0n) is 8.96. The largest absolute Gasteiger partial charge is 0.303 e. The van der Waals surface area contributed by atoms with E-state index in [0.29, 0.717) is 4.87 Å². The molecule has 0 aromatic rings. The summed E-state index contributed by atoms with van der Waals surface area (Å²) in [6.45, 7) is 7.63. The standard InChI is InChI=1S/C11H20N2S/c1-9-6-12-11(14-8-9)3-5-13-4-2-10(11)7-13/h9-10,12H,2-8H2,1H3. The Labute approximate surface area is 90.8 Å². The number of rotatable bonds is 0. The molecule has 4 atom stereocenters. The number of thioether (sulfide) groups is 1. The van der Waals surface area contributed by atoms with Crippen molar-refractivity contribution in [3.63, 3.8) is 0 Å². The van der Waals surface area contributed by atoms with Gasteiger partial charge < -0.3 is 10.2 Å². The van der Waals surface area contributed by atoms with E-state index >= 15 is 0 Å². The van der Waals surface area contributed by atoms with E-state index in [9.17, 15) is 0 Å². The Kier molecular flexibility index (Phi) is 2.30. The molecule has 2 bridgehead atoms. The third-order valence-corrected chi connectivity index (χ3v) is 6.04. The van der Waals surface area contributed by atoms with Gasteiger partial charge in [0, 0.05) is 19.0 Å². The summed E-state index contributed by atoms with van der Waals surface area (Å²) in [5, 5.41) is 3.85. The van der Waals surface area contributed by atoms with Gasteiger partial charge in [-0.1, -0.05) is 6.92 Å². The molecule has 0 aromatic heterocycles. The second-order valence-corrected chi connectivity index (χ2v) is 6.57.